The molecular weight excluding hydrogens is 290 g/mol. The number of nitrogens with one attached hydrogen (secondary N) is 1. The highest BCUT2D eigenvalue weighted by atomic mass is 32.2. The predicted octanol–water partition coefficient (Wildman–Crippen LogP) is 3.58. The van der Waals surface area contributed by atoms with Crippen LogP contribution < -0.4 is 5.32 Å². The Morgan fingerprint density at radius 1 is 1.30 bits per heavy atom. The molecule has 0 saturated carbocycles. The van der Waals surface area contributed by atoms with Crippen LogP contribution in [0.2, 0.25) is 0 Å². The third kappa shape index (κ3) is 2.85. The topological polar surface area (TPSA) is 49.3 Å². The third-order valence-electron chi connectivity index (χ3n) is 3.68. The molecule has 5 heteroatoms. The number of thiophene rings is 1. The minimum Gasteiger partial charge on any atom is -0.477 e. The lowest BCUT2D eigenvalue weighted by atomic mass is 10.1. The fourth-order valence-electron chi connectivity index (χ4n) is 2.60. The Kier molecular flexibility index (Phi) is 4.29. The van der Waals surface area contributed by atoms with Gasteiger partial charge in [0.1, 0.15) is 4.88 Å². The van der Waals surface area contributed by atoms with Gasteiger partial charge in [-0.05, 0) is 41.4 Å². The molecule has 1 fully saturated rings. The summed E-state index contributed by atoms with van der Waals surface area (Å²) in [6.45, 7) is 0.654. The van der Waals surface area contributed by atoms with E-state index in [1.54, 1.807) is 0 Å². The largest absolute Gasteiger partial charge is 0.477 e. The van der Waals surface area contributed by atoms with E-state index in [-0.39, 0.29) is 0 Å². The maximum absolute atomic E-state index is 11.4. The number of rotatable bonds is 4. The van der Waals surface area contributed by atoms with Crippen molar-refractivity contribution in [2.45, 2.75) is 25.4 Å². The normalized spacial score (nSPS) is 16.6. The van der Waals surface area contributed by atoms with Gasteiger partial charge in [-0.3, -0.25) is 0 Å². The molecule has 0 unspecified atom stereocenters. The maximum Gasteiger partial charge on any atom is 0.346 e. The number of benzene rings is 1. The first-order valence-electron chi connectivity index (χ1n) is 6.80. The van der Waals surface area contributed by atoms with Gasteiger partial charge < -0.3 is 10.4 Å². The fourth-order valence-corrected chi connectivity index (χ4v) is 4.76. The molecule has 1 saturated heterocycles. The number of aromatic carboxylic acids is 1. The number of hydrogen-bond acceptors (Lipinski definition) is 4. The highest BCUT2D eigenvalue weighted by Gasteiger charge is 2.19. The number of carboxylic acids is 1. The quantitative estimate of drug-likeness (QED) is 0.906. The molecule has 3 nitrogen and oxygen atoms in total. The third-order valence-corrected chi connectivity index (χ3v) is 5.93. The Balaban J connectivity index is 1.84. The molecule has 0 amide bonds. The molecule has 2 heterocycles. The summed E-state index contributed by atoms with van der Waals surface area (Å²) in [5.41, 5.74) is 0.941. The number of thioether (sulfide) groups is 1. The molecule has 106 valence electrons. The van der Waals surface area contributed by atoms with Crippen molar-refractivity contribution in [2.75, 3.05) is 11.5 Å². The van der Waals surface area contributed by atoms with Crippen molar-refractivity contribution in [1.29, 1.82) is 0 Å². The summed E-state index contributed by atoms with van der Waals surface area (Å²) in [5, 5.41) is 14.0. The first kappa shape index (κ1) is 13.9. The average molecular weight is 307 g/mol. The van der Waals surface area contributed by atoms with Crippen LogP contribution in [-0.4, -0.2) is 28.6 Å². The SMILES string of the molecule is O=C(O)c1sc2ccccc2c1CNC1CCSCC1. The minimum absolute atomic E-state index is 0.476. The summed E-state index contributed by atoms with van der Waals surface area (Å²) in [7, 11) is 0. The monoisotopic (exact) mass is 307 g/mol. The van der Waals surface area contributed by atoms with Gasteiger partial charge in [-0.25, -0.2) is 4.79 Å². The van der Waals surface area contributed by atoms with Crippen LogP contribution in [0.1, 0.15) is 28.1 Å². The number of fused-ring (bicyclic) bond motifs is 1. The van der Waals surface area contributed by atoms with Crippen LogP contribution in [0.3, 0.4) is 0 Å². The Bertz CT molecular complexity index is 617. The summed E-state index contributed by atoms with van der Waals surface area (Å²) in [4.78, 5) is 11.9. The summed E-state index contributed by atoms with van der Waals surface area (Å²) < 4.78 is 1.06. The van der Waals surface area contributed by atoms with E-state index in [0.717, 1.165) is 15.6 Å². The first-order chi connectivity index (χ1) is 9.75. The van der Waals surface area contributed by atoms with E-state index in [0.29, 0.717) is 17.5 Å². The molecule has 1 aromatic carbocycles. The van der Waals surface area contributed by atoms with E-state index in [2.05, 4.69) is 5.32 Å². The molecule has 0 bridgehead atoms. The van der Waals surface area contributed by atoms with Crippen molar-refractivity contribution in [3.8, 4) is 0 Å². The second-order valence-electron chi connectivity index (χ2n) is 4.98. The van der Waals surface area contributed by atoms with Crippen molar-refractivity contribution < 1.29 is 9.90 Å². The van der Waals surface area contributed by atoms with Crippen molar-refractivity contribution >= 4 is 39.2 Å². The lowest BCUT2D eigenvalue weighted by Gasteiger charge is -2.22. The second kappa shape index (κ2) is 6.16. The molecule has 2 N–H and O–H groups in total. The van der Waals surface area contributed by atoms with Crippen molar-refractivity contribution in [3.63, 3.8) is 0 Å². The van der Waals surface area contributed by atoms with E-state index in [1.165, 1.54) is 35.7 Å². The Morgan fingerprint density at radius 3 is 2.80 bits per heavy atom. The Morgan fingerprint density at radius 2 is 2.05 bits per heavy atom. The van der Waals surface area contributed by atoms with Crippen LogP contribution in [-0.2, 0) is 6.54 Å². The highest BCUT2D eigenvalue weighted by molar-refractivity contribution is 7.99. The van der Waals surface area contributed by atoms with Crippen LogP contribution in [0.5, 0.6) is 0 Å². The predicted molar refractivity (Wildman–Crippen MR) is 86.0 cm³/mol. The second-order valence-corrected chi connectivity index (χ2v) is 7.26. The minimum atomic E-state index is -0.817. The van der Waals surface area contributed by atoms with Gasteiger partial charge in [0.05, 0.1) is 0 Å². The summed E-state index contributed by atoms with van der Waals surface area (Å²) in [6.07, 6.45) is 2.35. The van der Waals surface area contributed by atoms with E-state index in [4.69, 9.17) is 0 Å². The molecule has 0 aliphatic carbocycles. The lowest BCUT2D eigenvalue weighted by molar-refractivity contribution is 0.0701. The molecule has 1 aliphatic heterocycles. The molecular formula is C15H17NO2S2. The Hall–Kier alpha value is -1.04. The molecule has 2 aromatic rings. The van der Waals surface area contributed by atoms with Gasteiger partial charge in [-0.1, -0.05) is 18.2 Å². The van der Waals surface area contributed by atoms with Crippen molar-refractivity contribution in [3.05, 3.63) is 34.7 Å². The maximum atomic E-state index is 11.4. The zero-order valence-corrected chi connectivity index (χ0v) is 12.7. The van der Waals surface area contributed by atoms with Crippen LogP contribution in [0, 0.1) is 0 Å². The van der Waals surface area contributed by atoms with Gasteiger partial charge in [0.2, 0.25) is 0 Å². The molecule has 0 spiro atoms. The zero-order chi connectivity index (χ0) is 13.9. The molecule has 20 heavy (non-hydrogen) atoms. The average Bonchev–Trinajstić information content (AvgIpc) is 2.85. The highest BCUT2D eigenvalue weighted by Crippen LogP contribution is 2.31. The number of carboxylic acid groups (broad SMARTS) is 1. The van der Waals surface area contributed by atoms with E-state index >= 15 is 0 Å². The molecule has 0 atom stereocenters. The van der Waals surface area contributed by atoms with E-state index in [1.807, 2.05) is 36.0 Å². The van der Waals surface area contributed by atoms with Crippen molar-refractivity contribution in [2.24, 2.45) is 0 Å². The summed E-state index contributed by atoms with van der Waals surface area (Å²) >= 11 is 3.38. The molecule has 3 rings (SSSR count). The Labute approximate surface area is 126 Å². The van der Waals surface area contributed by atoms with Gasteiger partial charge >= 0.3 is 5.97 Å². The standard InChI is InChI=1S/C15H17NO2S2/c17-15(18)14-12(9-16-10-5-7-19-8-6-10)11-3-1-2-4-13(11)20-14/h1-4,10,16H,5-9H2,(H,17,18). The number of hydrogen-bond donors (Lipinski definition) is 2. The van der Waals surface area contributed by atoms with Crippen LogP contribution in [0.15, 0.2) is 24.3 Å². The van der Waals surface area contributed by atoms with E-state index < -0.39 is 5.97 Å². The van der Waals surface area contributed by atoms with Gasteiger partial charge in [0.25, 0.3) is 0 Å². The summed E-state index contributed by atoms with van der Waals surface area (Å²) in [6, 6.07) is 8.47. The fraction of sp³-hybridized carbons (Fsp3) is 0.400. The van der Waals surface area contributed by atoms with E-state index in [9.17, 15) is 9.90 Å². The summed E-state index contributed by atoms with van der Waals surface area (Å²) in [5.74, 6) is 1.59. The van der Waals surface area contributed by atoms with Gasteiger partial charge in [0, 0.05) is 17.3 Å². The first-order valence-corrected chi connectivity index (χ1v) is 8.77. The van der Waals surface area contributed by atoms with Crippen LogP contribution in [0.25, 0.3) is 10.1 Å². The van der Waals surface area contributed by atoms with Gasteiger partial charge in [0.15, 0.2) is 0 Å². The van der Waals surface area contributed by atoms with Gasteiger partial charge in [-0.2, -0.15) is 11.8 Å². The zero-order valence-electron chi connectivity index (χ0n) is 11.1. The molecule has 1 aliphatic rings. The van der Waals surface area contributed by atoms with Crippen LogP contribution in [0.4, 0.5) is 0 Å². The lowest BCUT2D eigenvalue weighted by Crippen LogP contribution is -2.32. The van der Waals surface area contributed by atoms with Crippen molar-refractivity contribution in [1.82, 2.24) is 5.32 Å². The molecule has 0 radical (unpaired) electrons. The smallest absolute Gasteiger partial charge is 0.346 e. The number of carbonyl (C=O) groups is 1. The van der Waals surface area contributed by atoms with Crippen LogP contribution >= 0.6 is 23.1 Å². The van der Waals surface area contributed by atoms with Gasteiger partial charge in [-0.15, -0.1) is 11.3 Å². The molecule has 1 aromatic heterocycles.